The lowest BCUT2D eigenvalue weighted by Gasteiger charge is -2.24. The molecule has 3 aromatic rings. The SMILES string of the molecule is CCc1c(Cl)cccc1Nc1c(-c2ccncc2OCC2CNCCO2)[nH]c2c1C(=O)NC(C)C2. The molecule has 2 aromatic heterocycles. The highest BCUT2D eigenvalue weighted by atomic mass is 35.5. The first-order valence-electron chi connectivity index (χ1n) is 12.0. The molecular formula is C26H30ClN5O3. The number of ether oxygens (including phenoxy) is 2. The third-order valence-electron chi connectivity index (χ3n) is 6.41. The second-order valence-corrected chi connectivity index (χ2v) is 9.34. The third-order valence-corrected chi connectivity index (χ3v) is 6.76. The molecular weight excluding hydrogens is 466 g/mol. The van der Waals surface area contributed by atoms with Crippen molar-refractivity contribution in [2.75, 3.05) is 31.6 Å². The summed E-state index contributed by atoms with van der Waals surface area (Å²) < 4.78 is 12.0. The maximum absolute atomic E-state index is 13.1. The molecule has 1 fully saturated rings. The first kappa shape index (κ1) is 23.7. The average molecular weight is 496 g/mol. The number of hydrogen-bond acceptors (Lipinski definition) is 6. The standard InChI is InChI=1S/C26H30ClN5O3/c1-3-17-19(27)5-4-6-20(17)31-25-23-21(11-15(2)30-26(23)33)32-24(25)18-7-8-28-13-22(18)35-14-16-12-29-9-10-34-16/h4-8,13,15-16,29,31-32H,3,9-12,14H2,1-2H3,(H,30,33). The molecule has 2 aliphatic heterocycles. The molecule has 0 aliphatic carbocycles. The van der Waals surface area contributed by atoms with Crippen molar-refractivity contribution >= 4 is 28.9 Å². The first-order chi connectivity index (χ1) is 17.0. The van der Waals surface area contributed by atoms with Gasteiger partial charge in [-0.1, -0.05) is 24.6 Å². The number of benzene rings is 1. The van der Waals surface area contributed by atoms with Crippen molar-refractivity contribution < 1.29 is 14.3 Å². The van der Waals surface area contributed by atoms with Crippen LogP contribution in [-0.4, -0.2) is 54.3 Å². The van der Waals surface area contributed by atoms with Gasteiger partial charge in [0.15, 0.2) is 0 Å². The molecule has 184 valence electrons. The van der Waals surface area contributed by atoms with E-state index in [4.69, 9.17) is 21.1 Å². The molecule has 9 heteroatoms. The van der Waals surface area contributed by atoms with Gasteiger partial charge in [-0.15, -0.1) is 0 Å². The summed E-state index contributed by atoms with van der Waals surface area (Å²) in [4.78, 5) is 20.9. The molecule has 1 saturated heterocycles. The Labute approximate surface area is 209 Å². The highest BCUT2D eigenvalue weighted by molar-refractivity contribution is 6.31. The normalized spacial score (nSPS) is 19.7. The predicted molar refractivity (Wildman–Crippen MR) is 137 cm³/mol. The quantitative estimate of drug-likeness (QED) is 0.394. The largest absolute Gasteiger partial charge is 0.488 e. The molecule has 8 nitrogen and oxygen atoms in total. The van der Waals surface area contributed by atoms with Gasteiger partial charge in [-0.2, -0.15) is 0 Å². The number of halogens is 1. The van der Waals surface area contributed by atoms with Gasteiger partial charge < -0.3 is 30.4 Å². The van der Waals surface area contributed by atoms with Crippen LogP contribution in [0.2, 0.25) is 5.02 Å². The van der Waals surface area contributed by atoms with Gasteiger partial charge in [0.1, 0.15) is 18.5 Å². The van der Waals surface area contributed by atoms with Crippen LogP contribution >= 0.6 is 11.6 Å². The number of nitrogens with zero attached hydrogens (tertiary/aromatic N) is 1. The summed E-state index contributed by atoms with van der Waals surface area (Å²) >= 11 is 6.49. The van der Waals surface area contributed by atoms with E-state index in [2.05, 4.69) is 32.8 Å². The van der Waals surface area contributed by atoms with Crippen molar-refractivity contribution in [3.05, 3.63) is 58.5 Å². The number of H-pyrrole nitrogens is 1. The summed E-state index contributed by atoms with van der Waals surface area (Å²) in [5.74, 6) is 0.514. The smallest absolute Gasteiger partial charge is 0.255 e. The van der Waals surface area contributed by atoms with Gasteiger partial charge in [0.25, 0.3) is 5.91 Å². The Bertz CT molecular complexity index is 1220. The van der Waals surface area contributed by atoms with Gasteiger partial charge >= 0.3 is 0 Å². The van der Waals surface area contributed by atoms with Crippen LogP contribution in [0, 0.1) is 0 Å². The zero-order valence-electron chi connectivity index (χ0n) is 19.9. The Morgan fingerprint density at radius 3 is 3.00 bits per heavy atom. The summed E-state index contributed by atoms with van der Waals surface area (Å²) in [5.41, 5.74) is 5.67. The van der Waals surface area contributed by atoms with Gasteiger partial charge in [-0.25, -0.2) is 0 Å². The predicted octanol–water partition coefficient (Wildman–Crippen LogP) is 4.08. The van der Waals surface area contributed by atoms with E-state index in [1.807, 2.05) is 31.2 Å². The Kier molecular flexibility index (Phi) is 6.95. The van der Waals surface area contributed by atoms with Crippen LogP contribution in [0.3, 0.4) is 0 Å². The maximum atomic E-state index is 13.1. The molecule has 0 bridgehead atoms. The number of amides is 1. The summed E-state index contributed by atoms with van der Waals surface area (Å²) in [7, 11) is 0. The molecule has 5 rings (SSSR count). The van der Waals surface area contributed by atoms with Crippen molar-refractivity contribution in [3.63, 3.8) is 0 Å². The van der Waals surface area contributed by atoms with E-state index in [-0.39, 0.29) is 18.1 Å². The lowest BCUT2D eigenvalue weighted by molar-refractivity contribution is 0.000245. The molecule has 2 unspecified atom stereocenters. The van der Waals surface area contributed by atoms with Crippen LogP contribution in [-0.2, 0) is 17.6 Å². The second-order valence-electron chi connectivity index (χ2n) is 8.93. The van der Waals surface area contributed by atoms with Crippen molar-refractivity contribution in [3.8, 4) is 17.0 Å². The van der Waals surface area contributed by atoms with E-state index >= 15 is 0 Å². The van der Waals surface area contributed by atoms with E-state index < -0.39 is 0 Å². The van der Waals surface area contributed by atoms with Crippen molar-refractivity contribution in [1.82, 2.24) is 20.6 Å². The minimum atomic E-state index is -0.109. The number of carbonyl (C=O) groups is 1. The Morgan fingerprint density at radius 2 is 2.20 bits per heavy atom. The molecule has 4 heterocycles. The van der Waals surface area contributed by atoms with Crippen molar-refractivity contribution in [2.45, 2.75) is 38.8 Å². The third kappa shape index (κ3) is 4.87. The summed E-state index contributed by atoms with van der Waals surface area (Å²) in [6, 6.07) is 7.71. The van der Waals surface area contributed by atoms with Crippen LogP contribution in [0.15, 0.2) is 36.7 Å². The molecule has 4 N–H and O–H groups in total. The Balaban J connectivity index is 1.57. The van der Waals surface area contributed by atoms with E-state index in [0.29, 0.717) is 41.7 Å². The van der Waals surface area contributed by atoms with Crippen molar-refractivity contribution in [2.24, 2.45) is 0 Å². The minimum absolute atomic E-state index is 0.0311. The topological polar surface area (TPSA) is 100 Å². The lowest BCUT2D eigenvalue weighted by Crippen LogP contribution is -2.41. The van der Waals surface area contributed by atoms with Crippen molar-refractivity contribution in [1.29, 1.82) is 0 Å². The number of hydrogen-bond donors (Lipinski definition) is 4. The van der Waals surface area contributed by atoms with Crippen LogP contribution in [0.5, 0.6) is 5.75 Å². The van der Waals surface area contributed by atoms with E-state index in [0.717, 1.165) is 47.7 Å². The van der Waals surface area contributed by atoms with Gasteiger partial charge in [0.2, 0.25) is 0 Å². The van der Waals surface area contributed by atoms with Gasteiger partial charge in [-0.05, 0) is 37.1 Å². The maximum Gasteiger partial charge on any atom is 0.255 e. The zero-order valence-corrected chi connectivity index (χ0v) is 20.7. The van der Waals surface area contributed by atoms with Gasteiger partial charge in [0, 0.05) is 53.7 Å². The summed E-state index contributed by atoms with van der Waals surface area (Å²) in [5, 5.41) is 10.6. The zero-order chi connectivity index (χ0) is 24.4. The van der Waals surface area contributed by atoms with E-state index in [9.17, 15) is 4.79 Å². The number of nitrogens with one attached hydrogen (secondary N) is 4. The molecule has 0 spiro atoms. The van der Waals surface area contributed by atoms with Crippen LogP contribution in [0.4, 0.5) is 11.4 Å². The van der Waals surface area contributed by atoms with E-state index in [1.54, 1.807) is 12.4 Å². The molecule has 2 atom stereocenters. The second kappa shape index (κ2) is 10.3. The fourth-order valence-electron chi connectivity index (χ4n) is 4.72. The number of anilines is 2. The fraction of sp³-hybridized carbons (Fsp3) is 0.385. The van der Waals surface area contributed by atoms with Gasteiger partial charge in [0.05, 0.1) is 29.7 Å². The minimum Gasteiger partial charge on any atom is -0.488 e. The first-order valence-corrected chi connectivity index (χ1v) is 12.4. The highest BCUT2D eigenvalue weighted by Gasteiger charge is 2.31. The number of carbonyl (C=O) groups excluding carboxylic acids is 1. The highest BCUT2D eigenvalue weighted by Crippen LogP contribution is 2.41. The number of aromatic nitrogens is 2. The molecule has 1 amide bonds. The van der Waals surface area contributed by atoms with Crippen LogP contribution < -0.4 is 20.7 Å². The monoisotopic (exact) mass is 495 g/mol. The summed E-state index contributed by atoms with van der Waals surface area (Å²) in [6.07, 6.45) is 4.86. The van der Waals surface area contributed by atoms with Crippen LogP contribution in [0.25, 0.3) is 11.3 Å². The number of pyridine rings is 1. The fourth-order valence-corrected chi connectivity index (χ4v) is 5.02. The number of aromatic amines is 1. The van der Waals surface area contributed by atoms with E-state index in [1.165, 1.54) is 0 Å². The summed E-state index contributed by atoms with van der Waals surface area (Å²) in [6.45, 7) is 6.72. The molecule has 35 heavy (non-hydrogen) atoms. The van der Waals surface area contributed by atoms with Crippen LogP contribution in [0.1, 0.15) is 35.5 Å². The number of morpholine rings is 1. The molecule has 1 aromatic carbocycles. The molecule has 0 saturated carbocycles. The average Bonchev–Trinajstić information content (AvgIpc) is 3.21. The molecule has 2 aliphatic rings. The van der Waals surface area contributed by atoms with Gasteiger partial charge in [-0.3, -0.25) is 9.78 Å². The Hall–Kier alpha value is -3.07. The number of rotatable bonds is 7. The Morgan fingerprint density at radius 1 is 1.31 bits per heavy atom. The lowest BCUT2D eigenvalue weighted by atomic mass is 10.0. The molecule has 0 radical (unpaired) electrons. The number of fused-ring (bicyclic) bond motifs is 1.